The third-order valence-electron chi connectivity index (χ3n) is 2.83. The van der Waals surface area contributed by atoms with Gasteiger partial charge in [0.2, 0.25) is 6.23 Å². The number of benzene rings is 2. The fraction of sp³-hybridized carbons (Fsp3) is 0.0714. The summed E-state index contributed by atoms with van der Waals surface area (Å²) in [6, 6.07) is 13.1. The molecule has 1 aliphatic rings. The van der Waals surface area contributed by atoms with Crippen LogP contribution in [0.25, 0.3) is 0 Å². The highest BCUT2D eigenvalue weighted by molar-refractivity contribution is 5.97. The maximum Gasteiger partial charge on any atom is 0.258 e. The van der Waals surface area contributed by atoms with Gasteiger partial charge in [-0.2, -0.15) is 0 Å². The molecule has 1 amide bonds. The Morgan fingerprint density at radius 1 is 1.06 bits per heavy atom. The van der Waals surface area contributed by atoms with Crippen molar-refractivity contribution >= 4 is 5.91 Å². The van der Waals surface area contributed by atoms with Crippen LogP contribution in [0.3, 0.4) is 0 Å². The van der Waals surface area contributed by atoms with Crippen molar-refractivity contribution in [1.29, 1.82) is 0 Å². The summed E-state index contributed by atoms with van der Waals surface area (Å²) in [6.07, 6.45) is -0.784. The molecule has 0 saturated carbocycles. The highest BCUT2D eigenvalue weighted by atomic mass is 19.1. The molecule has 0 radical (unpaired) electrons. The Morgan fingerprint density at radius 3 is 2.61 bits per heavy atom. The molecule has 0 aliphatic carbocycles. The third kappa shape index (κ3) is 1.72. The van der Waals surface area contributed by atoms with Gasteiger partial charge in [0.05, 0.1) is 5.56 Å². The summed E-state index contributed by atoms with van der Waals surface area (Å²) in [5, 5.41) is 2.63. The minimum Gasteiger partial charge on any atom is -0.465 e. The monoisotopic (exact) mass is 243 g/mol. The van der Waals surface area contributed by atoms with E-state index in [9.17, 15) is 9.18 Å². The number of ether oxygens (including phenoxy) is 1. The maximum atomic E-state index is 13.6. The van der Waals surface area contributed by atoms with Crippen LogP contribution in [0.15, 0.2) is 48.5 Å². The van der Waals surface area contributed by atoms with E-state index in [0.29, 0.717) is 16.9 Å². The molecule has 0 spiro atoms. The molecule has 0 aromatic heterocycles. The second-order valence-electron chi connectivity index (χ2n) is 3.99. The average Bonchev–Trinajstić information content (AvgIpc) is 2.39. The predicted octanol–water partition coefficient (Wildman–Crippen LogP) is 2.65. The van der Waals surface area contributed by atoms with Crippen LogP contribution in [0.2, 0.25) is 0 Å². The molecule has 3 rings (SSSR count). The third-order valence-corrected chi connectivity index (χ3v) is 2.83. The number of fused-ring (bicyclic) bond motifs is 1. The van der Waals surface area contributed by atoms with Crippen molar-refractivity contribution in [1.82, 2.24) is 5.32 Å². The van der Waals surface area contributed by atoms with E-state index >= 15 is 0 Å². The summed E-state index contributed by atoms with van der Waals surface area (Å²) < 4.78 is 19.2. The molecule has 0 saturated heterocycles. The fourth-order valence-corrected chi connectivity index (χ4v) is 1.94. The largest absolute Gasteiger partial charge is 0.465 e. The van der Waals surface area contributed by atoms with Crippen molar-refractivity contribution in [2.45, 2.75) is 6.23 Å². The van der Waals surface area contributed by atoms with Gasteiger partial charge in [-0.25, -0.2) is 4.39 Å². The topological polar surface area (TPSA) is 38.3 Å². The summed E-state index contributed by atoms with van der Waals surface area (Å²) in [5.41, 5.74) is 0.783. The van der Waals surface area contributed by atoms with E-state index in [2.05, 4.69) is 5.32 Å². The lowest BCUT2D eigenvalue weighted by atomic mass is 10.1. The molecule has 1 heterocycles. The minimum atomic E-state index is -0.784. The molecule has 4 heteroatoms. The Morgan fingerprint density at radius 2 is 1.78 bits per heavy atom. The number of hydrogen-bond donors (Lipinski definition) is 1. The highest BCUT2D eigenvalue weighted by Crippen LogP contribution is 2.29. The molecule has 18 heavy (non-hydrogen) atoms. The molecule has 3 nitrogen and oxygen atoms in total. The molecule has 2 aromatic rings. The fourth-order valence-electron chi connectivity index (χ4n) is 1.94. The Bertz CT molecular complexity index is 612. The zero-order valence-corrected chi connectivity index (χ0v) is 9.39. The van der Waals surface area contributed by atoms with Crippen LogP contribution in [0.1, 0.15) is 22.1 Å². The SMILES string of the molecule is O=C1N[C@@H](c2ccccc2F)Oc2ccccc21. The van der Waals surface area contributed by atoms with Crippen molar-refractivity contribution in [2.24, 2.45) is 0 Å². The van der Waals surface area contributed by atoms with Crippen molar-refractivity contribution < 1.29 is 13.9 Å². The van der Waals surface area contributed by atoms with E-state index < -0.39 is 12.0 Å². The lowest BCUT2D eigenvalue weighted by molar-refractivity contribution is 0.0750. The Labute approximate surface area is 103 Å². The molecule has 2 aromatic carbocycles. The van der Waals surface area contributed by atoms with Gasteiger partial charge in [-0.15, -0.1) is 0 Å². The summed E-state index contributed by atoms with van der Waals surface area (Å²) >= 11 is 0. The van der Waals surface area contributed by atoms with E-state index in [1.807, 2.05) is 0 Å². The first-order valence-electron chi connectivity index (χ1n) is 5.56. The second-order valence-corrected chi connectivity index (χ2v) is 3.99. The molecular formula is C14H10FNO2. The Balaban J connectivity index is 2.00. The summed E-state index contributed by atoms with van der Waals surface area (Å²) in [4.78, 5) is 11.9. The van der Waals surface area contributed by atoms with Gasteiger partial charge in [-0.1, -0.05) is 30.3 Å². The molecule has 90 valence electrons. The lowest BCUT2D eigenvalue weighted by Crippen LogP contribution is -2.37. The number of amides is 1. The van der Waals surface area contributed by atoms with Crippen molar-refractivity contribution in [2.75, 3.05) is 0 Å². The number of rotatable bonds is 1. The quantitative estimate of drug-likeness (QED) is 0.836. The first-order valence-corrected chi connectivity index (χ1v) is 5.56. The van der Waals surface area contributed by atoms with E-state index in [4.69, 9.17) is 4.74 Å². The summed E-state index contributed by atoms with van der Waals surface area (Å²) in [5.74, 6) is -0.193. The van der Waals surface area contributed by atoms with Crippen molar-refractivity contribution in [3.8, 4) is 5.75 Å². The molecule has 0 fully saturated rings. The maximum absolute atomic E-state index is 13.6. The number of carbonyl (C=O) groups excluding carboxylic acids is 1. The van der Waals surface area contributed by atoms with Gasteiger partial charge < -0.3 is 10.1 Å². The summed E-state index contributed by atoms with van der Waals surface area (Å²) in [6.45, 7) is 0. The van der Waals surface area contributed by atoms with Gasteiger partial charge in [-0.05, 0) is 18.2 Å². The summed E-state index contributed by atoms with van der Waals surface area (Å²) in [7, 11) is 0. The van der Waals surface area contributed by atoms with Crippen LogP contribution >= 0.6 is 0 Å². The van der Waals surface area contributed by atoms with Crippen LogP contribution in [0, 0.1) is 5.82 Å². The molecule has 1 aliphatic heterocycles. The first-order chi connectivity index (χ1) is 8.75. The lowest BCUT2D eigenvalue weighted by Gasteiger charge is -2.27. The number of hydrogen-bond acceptors (Lipinski definition) is 2. The molecule has 0 bridgehead atoms. The van der Waals surface area contributed by atoms with E-state index in [1.165, 1.54) is 6.07 Å². The predicted molar refractivity (Wildman–Crippen MR) is 63.7 cm³/mol. The highest BCUT2D eigenvalue weighted by Gasteiger charge is 2.27. The smallest absolute Gasteiger partial charge is 0.258 e. The number of carbonyl (C=O) groups is 1. The molecular weight excluding hydrogens is 233 g/mol. The van der Waals surface area contributed by atoms with Gasteiger partial charge in [0.15, 0.2) is 0 Å². The van der Waals surface area contributed by atoms with Crippen molar-refractivity contribution in [3.05, 3.63) is 65.5 Å². The van der Waals surface area contributed by atoms with Crippen molar-refractivity contribution in [3.63, 3.8) is 0 Å². The number of para-hydroxylation sites is 1. The van der Waals surface area contributed by atoms with E-state index in [0.717, 1.165) is 0 Å². The number of nitrogens with one attached hydrogen (secondary N) is 1. The van der Waals surface area contributed by atoms with Crippen LogP contribution in [0.5, 0.6) is 5.75 Å². The van der Waals surface area contributed by atoms with E-state index in [1.54, 1.807) is 42.5 Å². The van der Waals surface area contributed by atoms with Gasteiger partial charge in [-0.3, -0.25) is 4.79 Å². The van der Waals surface area contributed by atoms with Gasteiger partial charge in [0, 0.05) is 5.56 Å². The molecule has 1 atom stereocenters. The zero-order valence-electron chi connectivity index (χ0n) is 9.39. The van der Waals surface area contributed by atoms with E-state index in [-0.39, 0.29) is 5.91 Å². The zero-order chi connectivity index (χ0) is 12.5. The van der Waals surface area contributed by atoms with Crippen LogP contribution in [0.4, 0.5) is 4.39 Å². The van der Waals surface area contributed by atoms with Crippen LogP contribution in [-0.2, 0) is 0 Å². The Hall–Kier alpha value is -2.36. The average molecular weight is 243 g/mol. The number of halogens is 1. The van der Waals surface area contributed by atoms with Crippen LogP contribution < -0.4 is 10.1 Å². The van der Waals surface area contributed by atoms with Gasteiger partial charge in [0.1, 0.15) is 11.6 Å². The molecule has 1 N–H and O–H groups in total. The van der Waals surface area contributed by atoms with Gasteiger partial charge in [0.25, 0.3) is 5.91 Å². The standard InChI is InChI=1S/C14H10FNO2/c15-11-7-3-1-5-9(11)14-16-13(17)10-6-2-4-8-12(10)18-14/h1-8,14H,(H,16,17)/t14-/m1/s1. The van der Waals surface area contributed by atoms with Crippen LogP contribution in [-0.4, -0.2) is 5.91 Å². The second kappa shape index (κ2) is 4.14. The Kier molecular flexibility index (Phi) is 2.48. The van der Waals surface area contributed by atoms with Gasteiger partial charge >= 0.3 is 0 Å². The minimum absolute atomic E-state index is 0.259. The molecule has 0 unspecified atom stereocenters. The normalized spacial score (nSPS) is 17.6. The first kappa shape index (κ1) is 10.8.